The van der Waals surface area contributed by atoms with E-state index < -0.39 is 5.82 Å². The average Bonchev–Trinajstić information content (AvgIpc) is 2.86. The van der Waals surface area contributed by atoms with Gasteiger partial charge < -0.3 is 15.8 Å². The van der Waals surface area contributed by atoms with Crippen molar-refractivity contribution in [2.24, 2.45) is 0 Å². The second kappa shape index (κ2) is 5.44. The van der Waals surface area contributed by atoms with E-state index in [0.717, 1.165) is 23.8 Å². The Balaban J connectivity index is 1.60. The molecule has 3 N–H and O–H groups in total. The molecule has 1 heterocycles. The van der Waals surface area contributed by atoms with Crippen LogP contribution in [-0.4, -0.2) is 18.6 Å². The summed E-state index contributed by atoms with van der Waals surface area (Å²) in [7, 11) is 0. The Bertz CT molecular complexity index is 642. The monoisotopic (exact) mass is 286 g/mol. The number of hydrogen-bond donors (Lipinski definition) is 2. The Morgan fingerprint density at radius 1 is 1.33 bits per heavy atom. The summed E-state index contributed by atoms with van der Waals surface area (Å²) in [5, 5.41) is 2.74. The average molecular weight is 286 g/mol. The molecule has 108 valence electrons. The molecule has 0 fully saturated rings. The third kappa shape index (κ3) is 2.97. The topological polar surface area (TPSA) is 64.4 Å². The van der Waals surface area contributed by atoms with Gasteiger partial charge in [-0.3, -0.25) is 4.79 Å². The number of rotatable bonds is 3. The molecular formula is C16H15FN2O2. The molecule has 21 heavy (non-hydrogen) atoms. The predicted molar refractivity (Wildman–Crippen MR) is 77.7 cm³/mol. The van der Waals surface area contributed by atoms with Gasteiger partial charge in [0.25, 0.3) is 5.91 Å². The smallest absolute Gasteiger partial charge is 0.251 e. The summed E-state index contributed by atoms with van der Waals surface area (Å²) in [4.78, 5) is 12.0. The van der Waals surface area contributed by atoms with Gasteiger partial charge in [-0.2, -0.15) is 0 Å². The van der Waals surface area contributed by atoms with Crippen LogP contribution in [0.15, 0.2) is 42.5 Å². The molecule has 1 aliphatic heterocycles. The standard InChI is InChI=1S/C16H15FN2O2/c17-12-5-11(6-13(18)8-12)16(20)19-9-14-7-10-3-1-2-4-15(10)21-14/h1-6,8,14H,7,9,18H2,(H,19,20). The summed E-state index contributed by atoms with van der Waals surface area (Å²) in [5.41, 5.74) is 7.10. The van der Waals surface area contributed by atoms with Crippen molar-refractivity contribution >= 4 is 11.6 Å². The molecule has 0 aromatic heterocycles. The minimum Gasteiger partial charge on any atom is -0.488 e. The van der Waals surface area contributed by atoms with Gasteiger partial charge in [0.1, 0.15) is 17.7 Å². The first kappa shape index (κ1) is 13.4. The molecule has 0 spiro atoms. The lowest BCUT2D eigenvalue weighted by Gasteiger charge is -2.12. The van der Waals surface area contributed by atoms with Crippen LogP contribution < -0.4 is 15.8 Å². The van der Waals surface area contributed by atoms with E-state index in [1.807, 2.05) is 24.3 Å². The number of benzene rings is 2. The largest absolute Gasteiger partial charge is 0.488 e. The van der Waals surface area contributed by atoms with Crippen molar-refractivity contribution in [1.29, 1.82) is 0 Å². The molecular weight excluding hydrogens is 271 g/mol. The van der Waals surface area contributed by atoms with Gasteiger partial charge in [0.15, 0.2) is 0 Å². The number of para-hydroxylation sites is 1. The highest BCUT2D eigenvalue weighted by molar-refractivity contribution is 5.95. The minimum absolute atomic E-state index is 0.0998. The first-order valence-corrected chi connectivity index (χ1v) is 6.70. The molecule has 5 heteroatoms. The zero-order valence-electron chi connectivity index (χ0n) is 11.3. The molecule has 0 aliphatic carbocycles. The fraction of sp³-hybridized carbons (Fsp3) is 0.188. The summed E-state index contributed by atoms with van der Waals surface area (Å²) in [6.45, 7) is 0.365. The Morgan fingerprint density at radius 2 is 2.14 bits per heavy atom. The number of amides is 1. The molecule has 0 radical (unpaired) electrons. The third-order valence-corrected chi connectivity index (χ3v) is 3.39. The molecule has 2 aromatic rings. The molecule has 2 aromatic carbocycles. The number of nitrogens with two attached hydrogens (primary N) is 1. The van der Waals surface area contributed by atoms with E-state index in [4.69, 9.17) is 10.5 Å². The van der Waals surface area contributed by atoms with E-state index in [-0.39, 0.29) is 23.3 Å². The number of anilines is 1. The molecule has 1 atom stereocenters. The zero-order valence-corrected chi connectivity index (χ0v) is 11.3. The van der Waals surface area contributed by atoms with Gasteiger partial charge in [0.05, 0.1) is 6.54 Å². The molecule has 0 saturated carbocycles. The zero-order chi connectivity index (χ0) is 14.8. The van der Waals surface area contributed by atoms with Crippen LogP contribution in [0, 0.1) is 5.82 Å². The summed E-state index contributed by atoms with van der Waals surface area (Å²) in [6, 6.07) is 11.6. The van der Waals surface area contributed by atoms with E-state index in [0.29, 0.717) is 6.54 Å². The lowest BCUT2D eigenvalue weighted by molar-refractivity contribution is 0.0933. The highest BCUT2D eigenvalue weighted by Gasteiger charge is 2.22. The maximum absolute atomic E-state index is 13.2. The number of carbonyl (C=O) groups excluding carboxylic acids is 1. The molecule has 0 saturated heterocycles. The van der Waals surface area contributed by atoms with Gasteiger partial charge in [-0.25, -0.2) is 4.39 Å². The second-order valence-corrected chi connectivity index (χ2v) is 5.03. The van der Waals surface area contributed by atoms with Crippen molar-refractivity contribution in [2.45, 2.75) is 12.5 Å². The number of nitrogens with one attached hydrogen (secondary N) is 1. The van der Waals surface area contributed by atoms with Crippen LogP contribution in [0.3, 0.4) is 0 Å². The van der Waals surface area contributed by atoms with Crippen LogP contribution >= 0.6 is 0 Å². The first-order chi connectivity index (χ1) is 10.1. The van der Waals surface area contributed by atoms with Crippen LogP contribution in [0.4, 0.5) is 10.1 Å². The van der Waals surface area contributed by atoms with E-state index in [1.165, 1.54) is 12.1 Å². The summed E-state index contributed by atoms with van der Waals surface area (Å²) >= 11 is 0. The van der Waals surface area contributed by atoms with Gasteiger partial charge in [-0.15, -0.1) is 0 Å². The quantitative estimate of drug-likeness (QED) is 0.850. The lowest BCUT2D eigenvalue weighted by Crippen LogP contribution is -2.34. The highest BCUT2D eigenvalue weighted by atomic mass is 19.1. The molecule has 0 bridgehead atoms. The molecule has 3 rings (SSSR count). The first-order valence-electron chi connectivity index (χ1n) is 6.70. The Morgan fingerprint density at radius 3 is 2.90 bits per heavy atom. The van der Waals surface area contributed by atoms with Crippen molar-refractivity contribution in [2.75, 3.05) is 12.3 Å². The number of fused-ring (bicyclic) bond motifs is 1. The van der Waals surface area contributed by atoms with Crippen molar-refractivity contribution in [1.82, 2.24) is 5.32 Å². The van der Waals surface area contributed by atoms with Crippen molar-refractivity contribution in [3.63, 3.8) is 0 Å². The fourth-order valence-corrected chi connectivity index (χ4v) is 2.42. The number of ether oxygens (including phenoxy) is 1. The SMILES string of the molecule is Nc1cc(F)cc(C(=O)NCC2Cc3ccccc3O2)c1. The van der Waals surface area contributed by atoms with Crippen LogP contribution in [0.5, 0.6) is 5.75 Å². The van der Waals surface area contributed by atoms with Gasteiger partial charge in [0, 0.05) is 17.7 Å². The van der Waals surface area contributed by atoms with E-state index in [1.54, 1.807) is 0 Å². The Kier molecular flexibility index (Phi) is 3.48. The molecule has 4 nitrogen and oxygen atoms in total. The highest BCUT2D eigenvalue weighted by Crippen LogP contribution is 2.27. The number of carbonyl (C=O) groups is 1. The van der Waals surface area contributed by atoms with Gasteiger partial charge in [-0.1, -0.05) is 18.2 Å². The molecule has 1 aliphatic rings. The van der Waals surface area contributed by atoms with E-state index in [9.17, 15) is 9.18 Å². The lowest BCUT2D eigenvalue weighted by atomic mass is 10.1. The third-order valence-electron chi connectivity index (χ3n) is 3.39. The van der Waals surface area contributed by atoms with Gasteiger partial charge in [-0.05, 0) is 29.8 Å². The van der Waals surface area contributed by atoms with Crippen LogP contribution in [0.25, 0.3) is 0 Å². The van der Waals surface area contributed by atoms with Crippen LogP contribution in [0.2, 0.25) is 0 Å². The number of hydrogen-bond acceptors (Lipinski definition) is 3. The Labute approximate surface area is 121 Å². The van der Waals surface area contributed by atoms with E-state index >= 15 is 0 Å². The second-order valence-electron chi connectivity index (χ2n) is 5.03. The Hall–Kier alpha value is -2.56. The summed E-state index contributed by atoms with van der Waals surface area (Å²) in [6.07, 6.45) is 0.652. The normalized spacial score (nSPS) is 16.1. The van der Waals surface area contributed by atoms with E-state index in [2.05, 4.69) is 5.32 Å². The summed E-state index contributed by atoms with van der Waals surface area (Å²) < 4.78 is 19.0. The minimum atomic E-state index is -0.523. The van der Waals surface area contributed by atoms with Crippen molar-refractivity contribution < 1.29 is 13.9 Å². The van der Waals surface area contributed by atoms with Crippen LogP contribution in [-0.2, 0) is 6.42 Å². The van der Waals surface area contributed by atoms with Crippen LogP contribution in [0.1, 0.15) is 15.9 Å². The maximum Gasteiger partial charge on any atom is 0.251 e. The van der Waals surface area contributed by atoms with Crippen molar-refractivity contribution in [3.05, 3.63) is 59.4 Å². The number of nitrogen functional groups attached to an aromatic ring is 1. The van der Waals surface area contributed by atoms with Gasteiger partial charge >= 0.3 is 0 Å². The summed E-state index contributed by atoms with van der Waals surface area (Å²) in [5.74, 6) is -0.0304. The molecule has 1 amide bonds. The molecule has 1 unspecified atom stereocenters. The van der Waals surface area contributed by atoms with Crippen molar-refractivity contribution in [3.8, 4) is 5.75 Å². The fourth-order valence-electron chi connectivity index (χ4n) is 2.42. The van der Waals surface area contributed by atoms with Gasteiger partial charge in [0.2, 0.25) is 0 Å². The predicted octanol–water partition coefficient (Wildman–Crippen LogP) is 2.14. The maximum atomic E-state index is 13.2. The number of halogens is 1.